The Balaban J connectivity index is 0.000000189. The number of nitrogens with one attached hydrogen (secondary N) is 1. The van der Waals surface area contributed by atoms with E-state index in [1.807, 2.05) is 30.3 Å². The van der Waals surface area contributed by atoms with Crippen molar-refractivity contribution in [1.29, 1.82) is 0 Å². The molecule has 0 amide bonds. The van der Waals surface area contributed by atoms with Crippen LogP contribution in [-0.4, -0.2) is 51.2 Å². The summed E-state index contributed by atoms with van der Waals surface area (Å²) < 4.78 is 20.7. The van der Waals surface area contributed by atoms with E-state index in [9.17, 15) is 4.79 Å². The Morgan fingerprint density at radius 3 is 2.09 bits per heavy atom. The van der Waals surface area contributed by atoms with Crippen LogP contribution in [0.25, 0.3) is 22.3 Å². The number of aromatic amines is 1. The fourth-order valence-corrected chi connectivity index (χ4v) is 2.93. The SMILES string of the molecule is COc1ccc(COc2ccc3ncc(OC)nc3n2)cc1.COc1cnc2ccc(=O)[nH]c2n1. The van der Waals surface area contributed by atoms with E-state index in [4.69, 9.17) is 18.9 Å². The third-order valence-corrected chi connectivity index (χ3v) is 4.74. The lowest BCUT2D eigenvalue weighted by atomic mass is 10.2. The molecule has 0 aliphatic heterocycles. The summed E-state index contributed by atoms with van der Waals surface area (Å²) in [6, 6.07) is 14.3. The van der Waals surface area contributed by atoms with Crippen molar-refractivity contribution in [2.45, 2.75) is 6.61 Å². The molecule has 178 valence electrons. The summed E-state index contributed by atoms with van der Waals surface area (Å²) in [5, 5.41) is 0. The summed E-state index contributed by atoms with van der Waals surface area (Å²) in [4.78, 5) is 34.3. The van der Waals surface area contributed by atoms with Crippen molar-refractivity contribution < 1.29 is 18.9 Å². The molecular formula is C24H22N6O5. The van der Waals surface area contributed by atoms with Gasteiger partial charge in [-0.3, -0.25) is 4.79 Å². The Morgan fingerprint density at radius 1 is 0.714 bits per heavy atom. The zero-order chi connectivity index (χ0) is 24.6. The molecule has 0 aliphatic carbocycles. The number of rotatable bonds is 6. The molecule has 1 aromatic carbocycles. The molecule has 0 saturated carbocycles. The first-order chi connectivity index (χ1) is 17.1. The smallest absolute Gasteiger partial charge is 0.249 e. The van der Waals surface area contributed by atoms with Crippen molar-refractivity contribution >= 4 is 22.3 Å². The van der Waals surface area contributed by atoms with Gasteiger partial charge in [0.15, 0.2) is 11.3 Å². The molecule has 0 unspecified atom stereocenters. The van der Waals surface area contributed by atoms with Gasteiger partial charge in [-0.2, -0.15) is 15.0 Å². The molecule has 5 aromatic rings. The van der Waals surface area contributed by atoms with E-state index in [0.717, 1.165) is 11.3 Å². The number of ether oxygens (including phenoxy) is 4. The molecule has 11 nitrogen and oxygen atoms in total. The van der Waals surface area contributed by atoms with Gasteiger partial charge in [-0.25, -0.2) is 9.97 Å². The van der Waals surface area contributed by atoms with Crippen LogP contribution in [0.2, 0.25) is 0 Å². The first-order valence-corrected chi connectivity index (χ1v) is 10.4. The van der Waals surface area contributed by atoms with Gasteiger partial charge in [0, 0.05) is 12.1 Å². The maximum atomic E-state index is 10.9. The summed E-state index contributed by atoms with van der Waals surface area (Å²) in [6.07, 6.45) is 3.06. The van der Waals surface area contributed by atoms with E-state index in [1.54, 1.807) is 32.5 Å². The Hall–Kier alpha value is -4.80. The molecule has 0 saturated heterocycles. The third-order valence-electron chi connectivity index (χ3n) is 4.74. The minimum atomic E-state index is -0.199. The van der Waals surface area contributed by atoms with Crippen molar-refractivity contribution in [3.05, 3.63) is 76.8 Å². The van der Waals surface area contributed by atoms with Gasteiger partial charge in [0.05, 0.1) is 33.7 Å². The van der Waals surface area contributed by atoms with Crippen LogP contribution in [-0.2, 0) is 6.61 Å². The summed E-state index contributed by atoms with van der Waals surface area (Å²) in [5.74, 6) is 2.11. The zero-order valence-corrected chi connectivity index (χ0v) is 19.3. The first kappa shape index (κ1) is 23.4. The molecule has 4 aromatic heterocycles. The number of methoxy groups -OCH3 is 3. The van der Waals surface area contributed by atoms with E-state index in [2.05, 4.69) is 29.9 Å². The van der Waals surface area contributed by atoms with E-state index >= 15 is 0 Å². The molecule has 0 fully saturated rings. The second-order valence-electron chi connectivity index (χ2n) is 7.01. The quantitative estimate of drug-likeness (QED) is 0.391. The average molecular weight is 474 g/mol. The van der Waals surface area contributed by atoms with Gasteiger partial charge in [-0.05, 0) is 29.8 Å². The molecule has 0 bridgehead atoms. The van der Waals surface area contributed by atoms with Gasteiger partial charge in [-0.15, -0.1) is 0 Å². The normalized spacial score (nSPS) is 10.4. The Morgan fingerprint density at radius 2 is 1.37 bits per heavy atom. The van der Waals surface area contributed by atoms with Crippen LogP contribution in [0.1, 0.15) is 5.56 Å². The molecule has 5 rings (SSSR count). The Bertz CT molecular complexity index is 1490. The molecule has 35 heavy (non-hydrogen) atoms. The standard InChI is InChI=1S/C16H15N3O3.C8H7N3O2/c1-20-12-5-3-11(4-6-12)10-22-14-8-7-13-16(18-14)19-15(21-2)9-17-13;1-13-7-4-9-5-2-3-6(12)10-8(5)11-7/h3-9H,10H2,1-2H3;2-4H,1H3,(H,10,11,12). The van der Waals surface area contributed by atoms with Gasteiger partial charge in [-0.1, -0.05) is 12.1 Å². The highest BCUT2D eigenvalue weighted by molar-refractivity contribution is 5.70. The van der Waals surface area contributed by atoms with Gasteiger partial charge in [0.25, 0.3) is 0 Å². The van der Waals surface area contributed by atoms with Crippen molar-refractivity contribution in [3.63, 3.8) is 0 Å². The van der Waals surface area contributed by atoms with Crippen LogP contribution in [0.15, 0.2) is 65.7 Å². The number of aromatic nitrogens is 6. The van der Waals surface area contributed by atoms with E-state index in [0.29, 0.717) is 46.6 Å². The highest BCUT2D eigenvalue weighted by atomic mass is 16.5. The maximum absolute atomic E-state index is 10.9. The molecular weight excluding hydrogens is 452 g/mol. The van der Waals surface area contributed by atoms with Gasteiger partial charge in [0.2, 0.25) is 23.2 Å². The number of H-pyrrole nitrogens is 1. The minimum Gasteiger partial charge on any atom is -0.497 e. The van der Waals surface area contributed by atoms with Crippen LogP contribution < -0.4 is 24.5 Å². The molecule has 1 N–H and O–H groups in total. The summed E-state index contributed by atoms with van der Waals surface area (Å²) >= 11 is 0. The van der Waals surface area contributed by atoms with E-state index in [-0.39, 0.29) is 5.56 Å². The number of benzene rings is 1. The van der Waals surface area contributed by atoms with Crippen molar-refractivity contribution in [3.8, 4) is 23.4 Å². The molecule has 4 heterocycles. The van der Waals surface area contributed by atoms with Crippen LogP contribution in [0.3, 0.4) is 0 Å². The summed E-state index contributed by atoms with van der Waals surface area (Å²) in [5.41, 5.74) is 3.09. The van der Waals surface area contributed by atoms with Crippen LogP contribution in [0.5, 0.6) is 23.4 Å². The second kappa shape index (κ2) is 10.9. The zero-order valence-electron chi connectivity index (χ0n) is 19.3. The number of pyridine rings is 2. The van der Waals surface area contributed by atoms with Crippen molar-refractivity contribution in [1.82, 2.24) is 29.9 Å². The fraction of sp³-hybridized carbons (Fsp3) is 0.167. The highest BCUT2D eigenvalue weighted by Crippen LogP contribution is 2.18. The second-order valence-corrected chi connectivity index (χ2v) is 7.01. The van der Waals surface area contributed by atoms with Gasteiger partial charge >= 0.3 is 0 Å². The maximum Gasteiger partial charge on any atom is 0.249 e. The number of hydrogen-bond donors (Lipinski definition) is 1. The minimum absolute atomic E-state index is 0.199. The lowest BCUT2D eigenvalue weighted by Gasteiger charge is -2.07. The van der Waals surface area contributed by atoms with Crippen molar-refractivity contribution in [2.75, 3.05) is 21.3 Å². The van der Waals surface area contributed by atoms with Crippen LogP contribution in [0, 0.1) is 0 Å². The van der Waals surface area contributed by atoms with Crippen LogP contribution in [0.4, 0.5) is 0 Å². The van der Waals surface area contributed by atoms with Gasteiger partial charge < -0.3 is 23.9 Å². The van der Waals surface area contributed by atoms with Gasteiger partial charge in [0.1, 0.15) is 23.4 Å². The molecule has 0 spiro atoms. The first-order valence-electron chi connectivity index (χ1n) is 10.4. The topological polar surface area (TPSA) is 134 Å². The predicted molar refractivity (Wildman–Crippen MR) is 128 cm³/mol. The predicted octanol–water partition coefficient (Wildman–Crippen LogP) is 2.95. The van der Waals surface area contributed by atoms with Crippen molar-refractivity contribution in [2.24, 2.45) is 0 Å². The lowest BCUT2D eigenvalue weighted by molar-refractivity contribution is 0.294. The summed E-state index contributed by atoms with van der Waals surface area (Å²) in [6.45, 7) is 0.417. The fourth-order valence-electron chi connectivity index (χ4n) is 2.93. The molecule has 11 heteroatoms. The average Bonchev–Trinajstić information content (AvgIpc) is 2.91. The largest absolute Gasteiger partial charge is 0.497 e. The van der Waals surface area contributed by atoms with Crippen LogP contribution >= 0.6 is 0 Å². The highest BCUT2D eigenvalue weighted by Gasteiger charge is 2.05. The number of hydrogen-bond acceptors (Lipinski definition) is 10. The molecule has 0 aliphatic rings. The van der Waals surface area contributed by atoms with E-state index < -0.39 is 0 Å². The molecule has 0 atom stereocenters. The Kier molecular flexibility index (Phi) is 7.26. The number of fused-ring (bicyclic) bond motifs is 2. The van der Waals surface area contributed by atoms with E-state index in [1.165, 1.54) is 19.4 Å². The molecule has 0 radical (unpaired) electrons. The number of nitrogens with zero attached hydrogens (tertiary/aromatic N) is 5. The third kappa shape index (κ3) is 5.96. The lowest BCUT2D eigenvalue weighted by Crippen LogP contribution is -2.04. The Labute approximate surface area is 199 Å². The monoisotopic (exact) mass is 474 g/mol. The summed E-state index contributed by atoms with van der Waals surface area (Å²) in [7, 11) is 4.68.